The van der Waals surface area contributed by atoms with Crippen LogP contribution in [0.25, 0.3) is 0 Å². The van der Waals surface area contributed by atoms with Gasteiger partial charge in [0.05, 0.1) is 0 Å². The SMILES string of the molecule is C[C@@H]1Cc2cc(C3CCNCC3)ccc2N(C)[C@H]1C. The normalized spacial score (nSPS) is 28.3. The molecule has 0 aliphatic carbocycles. The van der Waals surface area contributed by atoms with Crippen molar-refractivity contribution in [2.24, 2.45) is 5.92 Å². The lowest BCUT2D eigenvalue weighted by atomic mass is 9.84. The monoisotopic (exact) mass is 258 g/mol. The number of nitrogens with one attached hydrogen (secondary N) is 1. The van der Waals surface area contributed by atoms with Gasteiger partial charge in [-0.2, -0.15) is 0 Å². The number of hydrogen-bond donors (Lipinski definition) is 1. The maximum atomic E-state index is 3.46. The second-order valence-electron chi connectivity index (χ2n) is 6.45. The molecule has 1 fully saturated rings. The predicted octanol–water partition coefficient (Wildman–Crippen LogP) is 3.17. The smallest absolute Gasteiger partial charge is 0.0398 e. The Bertz CT molecular complexity index is 449. The lowest BCUT2D eigenvalue weighted by Gasteiger charge is -2.39. The lowest BCUT2D eigenvalue weighted by molar-refractivity contribution is 0.440. The van der Waals surface area contributed by atoms with Gasteiger partial charge in [0.25, 0.3) is 0 Å². The zero-order chi connectivity index (χ0) is 13.4. The molecule has 0 amide bonds. The average molecular weight is 258 g/mol. The third-order valence-electron chi connectivity index (χ3n) is 5.27. The lowest BCUT2D eigenvalue weighted by Crippen LogP contribution is -2.39. The van der Waals surface area contributed by atoms with Crippen molar-refractivity contribution in [3.05, 3.63) is 29.3 Å². The maximum Gasteiger partial charge on any atom is 0.0398 e. The van der Waals surface area contributed by atoms with Crippen LogP contribution in [0, 0.1) is 5.92 Å². The standard InChI is InChI=1S/C17H26N2/c1-12-10-16-11-15(14-6-8-18-9-7-14)4-5-17(16)19(3)13(12)2/h4-5,11-14,18H,6-10H2,1-3H3/t12-,13+/m1/s1. The van der Waals surface area contributed by atoms with Gasteiger partial charge in [-0.05, 0) is 68.3 Å². The van der Waals surface area contributed by atoms with E-state index in [1.54, 1.807) is 11.1 Å². The number of fused-ring (bicyclic) bond motifs is 1. The molecule has 1 saturated heterocycles. The van der Waals surface area contributed by atoms with Crippen molar-refractivity contribution < 1.29 is 0 Å². The fourth-order valence-electron chi connectivity index (χ4n) is 3.64. The van der Waals surface area contributed by atoms with E-state index in [0.717, 1.165) is 11.8 Å². The first kappa shape index (κ1) is 13.0. The highest BCUT2D eigenvalue weighted by Gasteiger charge is 2.27. The number of benzene rings is 1. The van der Waals surface area contributed by atoms with Crippen molar-refractivity contribution in [3.8, 4) is 0 Å². The fourth-order valence-corrected chi connectivity index (χ4v) is 3.64. The molecule has 1 aromatic rings. The second kappa shape index (κ2) is 5.16. The molecule has 0 radical (unpaired) electrons. The Balaban J connectivity index is 1.89. The Kier molecular flexibility index (Phi) is 3.53. The summed E-state index contributed by atoms with van der Waals surface area (Å²) >= 11 is 0. The molecule has 2 heterocycles. The summed E-state index contributed by atoms with van der Waals surface area (Å²) in [5, 5.41) is 3.46. The summed E-state index contributed by atoms with van der Waals surface area (Å²) in [4.78, 5) is 2.45. The Morgan fingerprint density at radius 2 is 1.89 bits per heavy atom. The fraction of sp³-hybridized carbons (Fsp3) is 0.647. The van der Waals surface area contributed by atoms with Crippen LogP contribution in [0.5, 0.6) is 0 Å². The third-order valence-corrected chi connectivity index (χ3v) is 5.27. The zero-order valence-electron chi connectivity index (χ0n) is 12.4. The average Bonchev–Trinajstić information content (AvgIpc) is 2.45. The minimum atomic E-state index is 0.650. The minimum absolute atomic E-state index is 0.650. The van der Waals surface area contributed by atoms with E-state index < -0.39 is 0 Å². The Labute approximate surface area is 117 Å². The van der Waals surface area contributed by atoms with Crippen LogP contribution in [0.4, 0.5) is 5.69 Å². The molecule has 2 aliphatic rings. The molecule has 0 saturated carbocycles. The highest BCUT2D eigenvalue weighted by Crippen LogP contribution is 2.36. The number of piperidine rings is 1. The van der Waals surface area contributed by atoms with Gasteiger partial charge < -0.3 is 10.2 Å². The predicted molar refractivity (Wildman–Crippen MR) is 82.0 cm³/mol. The molecule has 19 heavy (non-hydrogen) atoms. The summed E-state index contributed by atoms with van der Waals surface area (Å²) in [6.45, 7) is 7.07. The molecule has 104 valence electrons. The van der Waals surface area contributed by atoms with Gasteiger partial charge in [-0.1, -0.05) is 19.1 Å². The van der Waals surface area contributed by atoms with E-state index in [2.05, 4.69) is 49.3 Å². The molecule has 1 aromatic carbocycles. The van der Waals surface area contributed by atoms with Crippen molar-refractivity contribution in [1.29, 1.82) is 0 Å². The first-order chi connectivity index (χ1) is 9.16. The van der Waals surface area contributed by atoms with E-state index in [-0.39, 0.29) is 0 Å². The molecule has 0 aromatic heterocycles. The quantitative estimate of drug-likeness (QED) is 0.832. The second-order valence-corrected chi connectivity index (χ2v) is 6.45. The van der Waals surface area contributed by atoms with E-state index >= 15 is 0 Å². The molecule has 3 rings (SSSR count). The molecule has 2 heteroatoms. The first-order valence-corrected chi connectivity index (χ1v) is 7.73. The molecule has 0 bridgehead atoms. The molecular weight excluding hydrogens is 232 g/mol. The van der Waals surface area contributed by atoms with Crippen molar-refractivity contribution >= 4 is 5.69 Å². The van der Waals surface area contributed by atoms with Crippen LogP contribution in [0.15, 0.2) is 18.2 Å². The van der Waals surface area contributed by atoms with Gasteiger partial charge in [0.15, 0.2) is 0 Å². The van der Waals surface area contributed by atoms with Crippen LogP contribution in [0.1, 0.15) is 43.7 Å². The van der Waals surface area contributed by atoms with E-state index in [0.29, 0.717) is 6.04 Å². The summed E-state index contributed by atoms with van der Waals surface area (Å²) in [6, 6.07) is 7.87. The van der Waals surface area contributed by atoms with Crippen molar-refractivity contribution in [3.63, 3.8) is 0 Å². The molecule has 0 unspecified atom stereocenters. The zero-order valence-corrected chi connectivity index (χ0v) is 12.4. The third kappa shape index (κ3) is 2.38. The molecular formula is C17H26N2. The van der Waals surface area contributed by atoms with Crippen molar-refractivity contribution in [2.75, 3.05) is 25.0 Å². The Hall–Kier alpha value is -1.02. The topological polar surface area (TPSA) is 15.3 Å². The Morgan fingerprint density at radius 3 is 2.63 bits per heavy atom. The molecule has 2 nitrogen and oxygen atoms in total. The Morgan fingerprint density at radius 1 is 1.16 bits per heavy atom. The summed E-state index contributed by atoms with van der Waals surface area (Å²) < 4.78 is 0. The van der Waals surface area contributed by atoms with Gasteiger partial charge in [-0.3, -0.25) is 0 Å². The number of nitrogens with zero attached hydrogens (tertiary/aromatic N) is 1. The number of anilines is 1. The summed E-state index contributed by atoms with van der Waals surface area (Å²) in [5.41, 5.74) is 4.57. The van der Waals surface area contributed by atoms with E-state index in [1.165, 1.54) is 38.0 Å². The van der Waals surface area contributed by atoms with Gasteiger partial charge in [-0.25, -0.2) is 0 Å². The van der Waals surface area contributed by atoms with E-state index in [9.17, 15) is 0 Å². The number of hydrogen-bond acceptors (Lipinski definition) is 2. The summed E-state index contributed by atoms with van der Waals surface area (Å²) in [6.07, 6.45) is 3.82. The van der Waals surface area contributed by atoms with Gasteiger partial charge in [0, 0.05) is 18.8 Å². The van der Waals surface area contributed by atoms with E-state index in [4.69, 9.17) is 0 Å². The van der Waals surface area contributed by atoms with Gasteiger partial charge in [-0.15, -0.1) is 0 Å². The summed E-state index contributed by atoms with van der Waals surface area (Å²) in [5.74, 6) is 1.52. The van der Waals surface area contributed by atoms with Gasteiger partial charge in [0.1, 0.15) is 0 Å². The van der Waals surface area contributed by atoms with Crippen molar-refractivity contribution in [2.45, 2.75) is 45.1 Å². The molecule has 0 spiro atoms. The van der Waals surface area contributed by atoms with Crippen LogP contribution in [0.3, 0.4) is 0 Å². The van der Waals surface area contributed by atoms with Gasteiger partial charge >= 0.3 is 0 Å². The van der Waals surface area contributed by atoms with Crippen LogP contribution >= 0.6 is 0 Å². The molecule has 1 N–H and O–H groups in total. The van der Waals surface area contributed by atoms with Crippen LogP contribution in [0.2, 0.25) is 0 Å². The van der Waals surface area contributed by atoms with E-state index in [1.807, 2.05) is 0 Å². The van der Waals surface area contributed by atoms with Crippen LogP contribution in [-0.4, -0.2) is 26.2 Å². The van der Waals surface area contributed by atoms with Crippen LogP contribution < -0.4 is 10.2 Å². The van der Waals surface area contributed by atoms with Crippen molar-refractivity contribution in [1.82, 2.24) is 5.32 Å². The first-order valence-electron chi connectivity index (χ1n) is 7.73. The summed E-state index contributed by atoms with van der Waals surface area (Å²) in [7, 11) is 2.24. The maximum absolute atomic E-state index is 3.46. The minimum Gasteiger partial charge on any atom is -0.371 e. The number of rotatable bonds is 1. The van der Waals surface area contributed by atoms with Gasteiger partial charge in [0.2, 0.25) is 0 Å². The van der Waals surface area contributed by atoms with Crippen LogP contribution in [-0.2, 0) is 6.42 Å². The molecule has 2 atom stereocenters. The largest absolute Gasteiger partial charge is 0.371 e. The highest BCUT2D eigenvalue weighted by atomic mass is 15.1. The molecule has 2 aliphatic heterocycles. The highest BCUT2D eigenvalue weighted by molar-refractivity contribution is 5.57.